The Labute approximate surface area is 148 Å². The molecule has 0 N–H and O–H groups in total. The van der Waals surface area contributed by atoms with Gasteiger partial charge >= 0.3 is 55.8 Å². The molecule has 0 saturated carbocycles. The van der Waals surface area contributed by atoms with Crippen LogP contribution >= 0.6 is 0 Å². The minimum atomic E-state index is 0. The standard InChI is InChI=1S/Bi.4HI.Na/h;4*1H;/q+3;;;;;+1/p-4. The summed E-state index contributed by atoms with van der Waals surface area (Å²) in [7, 11) is 0. The Morgan fingerprint density at radius 3 is 0.500 bits per heavy atom. The maximum absolute atomic E-state index is 0. The molecule has 0 aliphatic rings. The third-order valence-electron chi connectivity index (χ3n) is 0. The third kappa shape index (κ3) is 23.2. The molecular formula is BiI4Na. The number of hydrogen-bond acceptors (Lipinski definition) is 0. The van der Waals surface area contributed by atoms with Gasteiger partial charge in [-0.25, -0.2) is 0 Å². The topological polar surface area (TPSA) is 0 Å². The van der Waals surface area contributed by atoms with Crippen molar-refractivity contribution >= 4 is 26.2 Å². The predicted octanol–water partition coefficient (Wildman–Crippen LogP) is -15.4. The molecule has 0 aliphatic carbocycles. The van der Waals surface area contributed by atoms with E-state index in [4.69, 9.17) is 0 Å². The van der Waals surface area contributed by atoms with Gasteiger partial charge in [-0.15, -0.1) is 0 Å². The van der Waals surface area contributed by atoms with Gasteiger partial charge in [-0.05, 0) is 0 Å². The molecule has 0 aliphatic heterocycles. The molecule has 0 atom stereocenters. The Balaban J connectivity index is 0. The van der Waals surface area contributed by atoms with Crippen molar-refractivity contribution in [3.05, 3.63) is 0 Å². The van der Waals surface area contributed by atoms with Gasteiger partial charge in [0.2, 0.25) is 0 Å². The molecule has 0 rings (SSSR count). The van der Waals surface area contributed by atoms with Gasteiger partial charge < -0.3 is 95.9 Å². The van der Waals surface area contributed by atoms with E-state index in [0.717, 1.165) is 0 Å². The Morgan fingerprint density at radius 2 is 0.500 bits per heavy atom. The third-order valence-corrected chi connectivity index (χ3v) is 0. The van der Waals surface area contributed by atoms with Gasteiger partial charge in [-0.2, -0.15) is 0 Å². The fourth-order valence-electron chi connectivity index (χ4n) is 0. The van der Waals surface area contributed by atoms with Crippen LogP contribution in [0.3, 0.4) is 0 Å². The quantitative estimate of drug-likeness (QED) is 0.171. The van der Waals surface area contributed by atoms with Gasteiger partial charge in [0.1, 0.15) is 0 Å². The van der Waals surface area contributed by atoms with Gasteiger partial charge in [-0.1, -0.05) is 0 Å². The first-order valence-corrected chi connectivity index (χ1v) is 0. The second-order valence-electron chi connectivity index (χ2n) is 0. The van der Waals surface area contributed by atoms with Crippen LogP contribution in [0.4, 0.5) is 0 Å². The van der Waals surface area contributed by atoms with Crippen molar-refractivity contribution in [3.63, 3.8) is 0 Å². The minimum Gasteiger partial charge on any atom is -1.00 e. The molecule has 0 fully saturated rings. The molecule has 0 aromatic heterocycles. The van der Waals surface area contributed by atoms with Gasteiger partial charge in [0.05, 0.1) is 0 Å². The summed E-state index contributed by atoms with van der Waals surface area (Å²) >= 11 is 0. The summed E-state index contributed by atoms with van der Waals surface area (Å²) in [6, 6.07) is 0. The average Bonchev–Trinajstić information content (AvgIpc) is 0. The van der Waals surface area contributed by atoms with Crippen molar-refractivity contribution in [1.82, 2.24) is 0 Å². The molecule has 0 bridgehead atoms. The number of halogens is 4. The van der Waals surface area contributed by atoms with Gasteiger partial charge in [-0.3, -0.25) is 0 Å². The fraction of sp³-hybridized carbons (Fsp3) is 0. The molecule has 0 aromatic carbocycles. The van der Waals surface area contributed by atoms with Gasteiger partial charge in [0, 0.05) is 0 Å². The monoisotopic (exact) mass is 740 g/mol. The van der Waals surface area contributed by atoms with E-state index < -0.39 is 0 Å². The first-order chi connectivity index (χ1) is 0. The zero-order chi connectivity index (χ0) is 0. The summed E-state index contributed by atoms with van der Waals surface area (Å²) in [6.07, 6.45) is 0. The second kappa shape index (κ2) is 32.9. The molecule has 0 saturated heterocycles. The Morgan fingerprint density at radius 1 is 0.500 bits per heavy atom. The largest absolute Gasteiger partial charge is 3.00 e. The normalized spacial score (nSPS) is 0. The van der Waals surface area contributed by atoms with Crippen molar-refractivity contribution in [3.8, 4) is 0 Å². The zero-order valence-electron chi connectivity index (χ0n) is 2.96. The SMILES string of the molecule is [Bi+3].[I-].[I-].[I-].[I-].[Na+]. The average molecular weight is 740 g/mol. The van der Waals surface area contributed by atoms with Crippen LogP contribution < -0.4 is 125 Å². The van der Waals surface area contributed by atoms with Gasteiger partial charge in [0.15, 0.2) is 0 Å². The van der Waals surface area contributed by atoms with E-state index in [1.807, 2.05) is 0 Å². The van der Waals surface area contributed by atoms with Crippen LogP contribution in [0.25, 0.3) is 0 Å². The summed E-state index contributed by atoms with van der Waals surface area (Å²) in [4.78, 5) is 0. The van der Waals surface area contributed by atoms with Crippen LogP contribution in [0, 0.1) is 0 Å². The van der Waals surface area contributed by atoms with Crippen molar-refractivity contribution in [1.29, 1.82) is 0 Å². The maximum Gasteiger partial charge on any atom is 3.00 e. The minimum absolute atomic E-state index is 0. The molecule has 0 nitrogen and oxygen atoms in total. The summed E-state index contributed by atoms with van der Waals surface area (Å²) < 4.78 is 0. The van der Waals surface area contributed by atoms with Crippen LogP contribution in [-0.4, -0.2) is 26.2 Å². The molecule has 34 valence electrons. The second-order valence-corrected chi connectivity index (χ2v) is 0. The summed E-state index contributed by atoms with van der Waals surface area (Å²) in [5, 5.41) is 0. The molecular weight excluding hydrogens is 740 g/mol. The molecule has 0 amide bonds. The number of hydrogen-bond donors (Lipinski definition) is 0. The maximum atomic E-state index is 0. The zero-order valence-corrected chi connectivity index (χ0v) is 17.1. The van der Waals surface area contributed by atoms with Crippen molar-refractivity contribution in [2.45, 2.75) is 0 Å². The van der Waals surface area contributed by atoms with E-state index in [1.165, 1.54) is 0 Å². The van der Waals surface area contributed by atoms with Crippen molar-refractivity contribution in [2.75, 3.05) is 0 Å². The van der Waals surface area contributed by atoms with Crippen LogP contribution in [0.5, 0.6) is 0 Å². The Bertz CT molecular complexity index is 7.51. The Hall–Kier alpha value is 4.80. The summed E-state index contributed by atoms with van der Waals surface area (Å²) in [5.41, 5.74) is 0. The van der Waals surface area contributed by atoms with E-state index in [1.54, 1.807) is 0 Å². The molecule has 0 aromatic rings. The van der Waals surface area contributed by atoms with Crippen LogP contribution in [-0.2, 0) is 0 Å². The number of rotatable bonds is 0. The predicted molar refractivity (Wildman–Crippen MR) is 5.75 cm³/mol. The molecule has 2 radical (unpaired) electrons. The van der Waals surface area contributed by atoms with E-state index in [2.05, 4.69) is 0 Å². The molecule has 6 heteroatoms. The summed E-state index contributed by atoms with van der Waals surface area (Å²) in [6.45, 7) is 0. The smallest absolute Gasteiger partial charge is 1.00 e. The van der Waals surface area contributed by atoms with Crippen LogP contribution in [0.1, 0.15) is 0 Å². The van der Waals surface area contributed by atoms with E-state index in [0.29, 0.717) is 0 Å². The van der Waals surface area contributed by atoms with E-state index >= 15 is 0 Å². The van der Waals surface area contributed by atoms with Gasteiger partial charge in [0.25, 0.3) is 0 Å². The summed E-state index contributed by atoms with van der Waals surface area (Å²) in [5.74, 6) is 0. The van der Waals surface area contributed by atoms with Crippen LogP contribution in [0.15, 0.2) is 0 Å². The Kier molecular flexibility index (Phi) is 247. The van der Waals surface area contributed by atoms with Crippen LogP contribution in [0.2, 0.25) is 0 Å². The molecule has 0 unspecified atom stereocenters. The van der Waals surface area contributed by atoms with Crippen molar-refractivity contribution < 1.29 is 125 Å². The first-order valence-electron chi connectivity index (χ1n) is 0. The molecule has 0 heterocycles. The fourth-order valence-corrected chi connectivity index (χ4v) is 0. The molecule has 0 spiro atoms. The first kappa shape index (κ1) is 45.0. The van der Waals surface area contributed by atoms with E-state index in [9.17, 15) is 0 Å². The molecule has 6 heavy (non-hydrogen) atoms. The van der Waals surface area contributed by atoms with E-state index in [-0.39, 0.29) is 152 Å². The van der Waals surface area contributed by atoms with Crippen molar-refractivity contribution in [2.24, 2.45) is 0 Å².